The average molecular weight is 600 g/mol. The smallest absolute Gasteiger partial charge is 0.263 e. The monoisotopic (exact) mass is 599 g/mol. The van der Waals surface area contributed by atoms with Crippen molar-refractivity contribution in [2.75, 3.05) is 19.0 Å². The minimum absolute atomic E-state index is 0.0891. The second-order valence-corrected chi connectivity index (χ2v) is 12.8. The van der Waals surface area contributed by atoms with Crippen molar-refractivity contribution in [1.29, 1.82) is 0 Å². The number of hydrogen-bond acceptors (Lipinski definition) is 7. The predicted octanol–water partition coefficient (Wildman–Crippen LogP) is 4.80. The van der Waals surface area contributed by atoms with Crippen molar-refractivity contribution in [2.45, 2.75) is 58.1 Å². The van der Waals surface area contributed by atoms with Gasteiger partial charge in [-0.2, -0.15) is 0 Å². The molecule has 11 heteroatoms. The van der Waals surface area contributed by atoms with Crippen LogP contribution >= 0.6 is 11.3 Å². The first kappa shape index (κ1) is 30.1. The number of aliphatic hydroxyl groups is 2. The summed E-state index contributed by atoms with van der Waals surface area (Å²) in [5.74, 6) is -3.05. The van der Waals surface area contributed by atoms with E-state index in [-0.39, 0.29) is 36.5 Å². The average Bonchev–Trinajstić information content (AvgIpc) is 3.37. The fraction of sp³-hybridized carbons (Fsp3) is 0.452. The zero-order valence-corrected chi connectivity index (χ0v) is 24.6. The molecule has 0 bridgehead atoms. The van der Waals surface area contributed by atoms with Gasteiger partial charge in [0.2, 0.25) is 5.91 Å². The van der Waals surface area contributed by atoms with Crippen molar-refractivity contribution < 1.29 is 33.3 Å². The Morgan fingerprint density at radius 2 is 1.86 bits per heavy atom. The highest BCUT2D eigenvalue weighted by Crippen LogP contribution is 2.62. The van der Waals surface area contributed by atoms with Crippen LogP contribution in [0, 0.1) is 28.4 Å². The molecule has 0 saturated heterocycles. The Hall–Kier alpha value is -3.41. The molecule has 4 N–H and O–H groups in total. The lowest BCUT2D eigenvalue weighted by molar-refractivity contribution is -0.144. The first-order valence-electron chi connectivity index (χ1n) is 13.9. The van der Waals surface area contributed by atoms with Crippen LogP contribution in [0.1, 0.15) is 65.5 Å². The number of thiazole rings is 1. The Balaban J connectivity index is 1.46. The highest BCUT2D eigenvalue weighted by molar-refractivity contribution is 7.15. The van der Waals surface area contributed by atoms with Crippen molar-refractivity contribution in [1.82, 2.24) is 10.3 Å². The minimum Gasteiger partial charge on any atom is -0.496 e. The second kappa shape index (κ2) is 11.7. The van der Waals surface area contributed by atoms with E-state index in [2.05, 4.69) is 17.6 Å². The van der Waals surface area contributed by atoms with Gasteiger partial charge in [-0.15, -0.1) is 11.3 Å². The van der Waals surface area contributed by atoms with E-state index in [0.717, 1.165) is 22.6 Å². The number of carbonyl (C=O) groups excluding carboxylic acids is 2. The Bertz CT molecular complexity index is 1480. The van der Waals surface area contributed by atoms with Crippen LogP contribution in [-0.4, -0.2) is 46.8 Å². The Kier molecular flexibility index (Phi) is 8.37. The van der Waals surface area contributed by atoms with Crippen LogP contribution in [-0.2, 0) is 17.8 Å². The number of nitrogens with zero attached hydrogens (tertiary/aromatic N) is 1. The molecule has 8 nitrogen and oxygen atoms in total. The number of amides is 2. The molecule has 5 rings (SSSR count). The molecule has 224 valence electrons. The van der Waals surface area contributed by atoms with E-state index in [0.29, 0.717) is 30.7 Å². The molecule has 42 heavy (non-hydrogen) atoms. The van der Waals surface area contributed by atoms with E-state index >= 15 is 0 Å². The van der Waals surface area contributed by atoms with Crippen LogP contribution in [0.4, 0.5) is 13.9 Å². The number of anilines is 1. The lowest BCUT2D eigenvalue weighted by atomic mass is 9.47. The van der Waals surface area contributed by atoms with Gasteiger partial charge in [0, 0.05) is 34.7 Å². The highest BCUT2D eigenvalue weighted by atomic mass is 32.1. The minimum atomic E-state index is -0.982. The summed E-state index contributed by atoms with van der Waals surface area (Å²) in [4.78, 5) is 31.8. The largest absolute Gasteiger partial charge is 0.496 e. The molecule has 1 heterocycles. The molecule has 0 unspecified atom stereocenters. The molecule has 1 saturated carbocycles. The number of para-hydroxylation sites is 1. The fourth-order valence-electron chi connectivity index (χ4n) is 6.87. The number of ether oxygens (including phenoxy) is 1. The molecule has 2 amide bonds. The summed E-state index contributed by atoms with van der Waals surface area (Å²) >= 11 is 1.18. The summed E-state index contributed by atoms with van der Waals surface area (Å²) in [6, 6.07) is 10.6. The third-order valence-electron chi connectivity index (χ3n) is 9.36. The van der Waals surface area contributed by atoms with Crippen LogP contribution in [0.25, 0.3) is 0 Å². The van der Waals surface area contributed by atoms with Crippen LogP contribution in [0.2, 0.25) is 0 Å². The van der Waals surface area contributed by atoms with Gasteiger partial charge >= 0.3 is 0 Å². The molecule has 3 aromatic rings. The molecule has 1 aromatic heterocycles. The van der Waals surface area contributed by atoms with Crippen LogP contribution in [0.3, 0.4) is 0 Å². The third kappa shape index (κ3) is 5.29. The zero-order chi connectivity index (χ0) is 30.2. The lowest BCUT2D eigenvalue weighted by Crippen LogP contribution is -2.57. The van der Waals surface area contributed by atoms with Crippen molar-refractivity contribution >= 4 is 28.3 Å². The van der Waals surface area contributed by atoms with Gasteiger partial charge in [0.25, 0.3) is 5.91 Å². The Morgan fingerprint density at radius 1 is 1.14 bits per heavy atom. The Labute approximate surface area is 247 Å². The summed E-state index contributed by atoms with van der Waals surface area (Å²) in [7, 11) is 1.57. The number of hydrogen-bond donors (Lipinski definition) is 4. The van der Waals surface area contributed by atoms with Gasteiger partial charge in [-0.3, -0.25) is 14.9 Å². The van der Waals surface area contributed by atoms with E-state index in [1.54, 1.807) is 7.11 Å². The van der Waals surface area contributed by atoms with Crippen LogP contribution in [0.5, 0.6) is 5.75 Å². The van der Waals surface area contributed by atoms with Crippen molar-refractivity contribution in [2.24, 2.45) is 16.7 Å². The standard InChI is InChI=1S/C31H35F2N3O5S/c1-30-12-11-24(38)31(2,16-37)23(30)14-22-27(18(30)13-25(39)34-15-17-7-4-5-10-21(17)41-3)35-29(42-22)36-28(40)26-19(32)8-6-9-20(26)33/h4-10,18,23-24,37-38H,11-16H2,1-3H3,(H,34,39)(H,35,36,40)/t18-,23+,24-,30+,31+/m1/s1. The molecule has 2 aromatic carbocycles. The van der Waals surface area contributed by atoms with Crippen molar-refractivity contribution in [3.8, 4) is 5.75 Å². The number of methoxy groups -OCH3 is 1. The maximum atomic E-state index is 14.3. The molecule has 1 fully saturated rings. The maximum absolute atomic E-state index is 14.3. The van der Waals surface area contributed by atoms with E-state index in [1.165, 1.54) is 17.4 Å². The number of fused-ring (bicyclic) bond motifs is 2. The van der Waals surface area contributed by atoms with Gasteiger partial charge in [-0.1, -0.05) is 38.1 Å². The quantitative estimate of drug-likeness (QED) is 0.295. The number of rotatable bonds is 8. The summed E-state index contributed by atoms with van der Waals surface area (Å²) in [6.07, 6.45) is 0.905. The van der Waals surface area contributed by atoms with E-state index in [9.17, 15) is 28.6 Å². The first-order chi connectivity index (χ1) is 20.0. The summed E-state index contributed by atoms with van der Waals surface area (Å²) in [5.41, 5.74) is -0.546. The summed E-state index contributed by atoms with van der Waals surface area (Å²) in [5, 5.41) is 27.1. The highest BCUT2D eigenvalue weighted by Gasteiger charge is 2.59. The lowest BCUT2D eigenvalue weighted by Gasteiger charge is -2.58. The first-order valence-corrected chi connectivity index (χ1v) is 14.8. The molecule has 0 aliphatic heterocycles. The van der Waals surface area contributed by atoms with Crippen LogP contribution in [0.15, 0.2) is 42.5 Å². The SMILES string of the molecule is COc1ccccc1CNC(=O)C[C@@H]1c2nc(NC(=O)c3c(F)cccc3F)sc2C[C@@H]2[C@](C)(CO)[C@H](O)CC[C@]21C. The molecule has 2 aliphatic carbocycles. The van der Waals surface area contributed by atoms with Gasteiger partial charge < -0.3 is 20.3 Å². The van der Waals surface area contributed by atoms with Crippen LogP contribution < -0.4 is 15.4 Å². The molecular weight excluding hydrogens is 564 g/mol. The summed E-state index contributed by atoms with van der Waals surface area (Å²) in [6.45, 7) is 3.98. The van der Waals surface area contributed by atoms with Gasteiger partial charge in [0.05, 0.1) is 25.5 Å². The number of benzene rings is 2. The topological polar surface area (TPSA) is 121 Å². The van der Waals surface area contributed by atoms with Gasteiger partial charge in [-0.05, 0) is 48.8 Å². The molecule has 0 radical (unpaired) electrons. The Morgan fingerprint density at radius 3 is 2.55 bits per heavy atom. The van der Waals surface area contributed by atoms with Crippen molar-refractivity contribution in [3.05, 3.63) is 75.8 Å². The normalized spacial score (nSPS) is 26.6. The van der Waals surface area contributed by atoms with Gasteiger partial charge in [0.1, 0.15) is 22.9 Å². The third-order valence-corrected chi connectivity index (χ3v) is 10.4. The van der Waals surface area contributed by atoms with E-state index < -0.39 is 46.0 Å². The maximum Gasteiger partial charge on any atom is 0.263 e. The number of nitrogens with one attached hydrogen (secondary N) is 2. The predicted molar refractivity (Wildman–Crippen MR) is 154 cm³/mol. The van der Waals surface area contributed by atoms with E-state index in [1.807, 2.05) is 31.2 Å². The number of carbonyl (C=O) groups is 2. The fourth-order valence-corrected chi connectivity index (χ4v) is 7.94. The summed E-state index contributed by atoms with van der Waals surface area (Å²) < 4.78 is 33.9. The van der Waals surface area contributed by atoms with E-state index in [4.69, 9.17) is 9.72 Å². The molecular formula is C31H35F2N3O5S. The number of aromatic nitrogens is 1. The van der Waals surface area contributed by atoms with Gasteiger partial charge in [-0.25, -0.2) is 13.8 Å². The zero-order valence-electron chi connectivity index (χ0n) is 23.7. The number of halogens is 2. The van der Waals surface area contributed by atoms with Gasteiger partial charge in [0.15, 0.2) is 5.13 Å². The van der Waals surface area contributed by atoms with Crippen molar-refractivity contribution in [3.63, 3.8) is 0 Å². The number of aliphatic hydroxyl groups excluding tert-OH is 2. The molecule has 0 spiro atoms. The second-order valence-electron chi connectivity index (χ2n) is 11.7. The molecule has 5 atom stereocenters. The molecule has 2 aliphatic rings.